The summed E-state index contributed by atoms with van der Waals surface area (Å²) in [6.07, 6.45) is 8.07. The number of ether oxygens (including phenoxy) is 2. The smallest absolute Gasteiger partial charge is 0.261 e. The summed E-state index contributed by atoms with van der Waals surface area (Å²) in [5, 5.41) is 11.0. The van der Waals surface area contributed by atoms with Crippen LogP contribution in [-0.4, -0.2) is 59.7 Å². The van der Waals surface area contributed by atoms with Crippen molar-refractivity contribution in [1.29, 1.82) is 0 Å². The molecule has 166 valence electrons. The van der Waals surface area contributed by atoms with Gasteiger partial charge in [0.05, 0.1) is 43.3 Å². The maximum absolute atomic E-state index is 13.6. The normalized spacial score (nSPS) is 20.4. The minimum atomic E-state index is -0.728. The number of hydrogen-bond donors (Lipinski definition) is 1. The van der Waals surface area contributed by atoms with Crippen LogP contribution in [0, 0.1) is 0 Å². The van der Waals surface area contributed by atoms with E-state index >= 15 is 0 Å². The molecule has 1 fully saturated rings. The third-order valence-corrected chi connectivity index (χ3v) is 6.27. The first-order valence-electron chi connectivity index (χ1n) is 10.8. The zero-order valence-electron chi connectivity index (χ0n) is 18.2. The second-order valence-electron chi connectivity index (χ2n) is 8.32. The maximum Gasteiger partial charge on any atom is 0.261 e. The van der Waals surface area contributed by atoms with E-state index in [0.29, 0.717) is 36.2 Å². The summed E-state index contributed by atoms with van der Waals surface area (Å²) in [4.78, 5) is 24.7. The fourth-order valence-electron chi connectivity index (χ4n) is 4.60. The third-order valence-electron chi connectivity index (χ3n) is 6.27. The molecule has 3 aromatic rings. The number of benzene rings is 1. The van der Waals surface area contributed by atoms with Crippen LogP contribution < -0.4 is 15.2 Å². The van der Waals surface area contributed by atoms with E-state index in [4.69, 9.17) is 14.5 Å². The number of pyridine rings is 1. The standard InChI is InChI=1S/C24H26N4O4/c1-27-8-3-4-17-16(10-15-5-6-21(31-2)25-12-15)11-18-22(23(17)27)26-14-28(24(18)30)19-7-9-32-13-20(19)29/h3-6,11-12,14,19-20,29H,7-10,13H2,1-2H3/t19-,20-/m0/s1. The average molecular weight is 434 g/mol. The lowest BCUT2D eigenvalue weighted by Crippen LogP contribution is -2.39. The van der Waals surface area contributed by atoms with Gasteiger partial charge in [-0.1, -0.05) is 18.2 Å². The van der Waals surface area contributed by atoms with E-state index in [2.05, 4.69) is 22.0 Å². The van der Waals surface area contributed by atoms with Gasteiger partial charge in [-0.25, -0.2) is 9.97 Å². The van der Waals surface area contributed by atoms with Crippen molar-refractivity contribution in [2.24, 2.45) is 0 Å². The molecule has 8 nitrogen and oxygen atoms in total. The second kappa shape index (κ2) is 8.37. The summed E-state index contributed by atoms with van der Waals surface area (Å²) >= 11 is 0. The molecule has 4 heterocycles. The molecule has 1 N–H and O–H groups in total. The maximum atomic E-state index is 13.6. The van der Waals surface area contributed by atoms with Crippen molar-refractivity contribution in [3.05, 3.63) is 63.8 Å². The summed E-state index contributed by atoms with van der Waals surface area (Å²) in [6, 6.07) is 5.43. The van der Waals surface area contributed by atoms with Crippen molar-refractivity contribution in [3.63, 3.8) is 0 Å². The average Bonchev–Trinajstić information content (AvgIpc) is 2.81. The summed E-state index contributed by atoms with van der Waals surface area (Å²) in [5.41, 5.74) is 4.63. The monoisotopic (exact) mass is 434 g/mol. The summed E-state index contributed by atoms with van der Waals surface area (Å²) < 4.78 is 12.1. The van der Waals surface area contributed by atoms with Gasteiger partial charge in [0.2, 0.25) is 5.88 Å². The molecule has 32 heavy (non-hydrogen) atoms. The summed E-state index contributed by atoms with van der Waals surface area (Å²) in [6.45, 7) is 1.49. The molecule has 1 saturated heterocycles. The minimum absolute atomic E-state index is 0.138. The SMILES string of the molecule is COc1ccc(Cc2cc3c(=O)n([C@H]4CCOC[C@@H]4O)cnc3c3c2C=CCN3C)cn1. The van der Waals surface area contributed by atoms with Crippen LogP contribution in [0.3, 0.4) is 0 Å². The number of likely N-dealkylation sites (N-methyl/N-ethyl adjacent to an activating group) is 1. The van der Waals surface area contributed by atoms with Gasteiger partial charge in [0.15, 0.2) is 0 Å². The molecule has 2 aliphatic rings. The summed E-state index contributed by atoms with van der Waals surface area (Å²) in [5.74, 6) is 0.566. The Morgan fingerprint density at radius 3 is 2.94 bits per heavy atom. The zero-order chi connectivity index (χ0) is 22.2. The molecular formula is C24H26N4O4. The Hall–Kier alpha value is -3.23. The van der Waals surface area contributed by atoms with Gasteiger partial charge >= 0.3 is 0 Å². The van der Waals surface area contributed by atoms with E-state index in [1.807, 2.05) is 25.2 Å². The Kier molecular flexibility index (Phi) is 5.40. The fraction of sp³-hybridized carbons (Fsp3) is 0.375. The molecule has 2 aromatic heterocycles. The van der Waals surface area contributed by atoms with Gasteiger partial charge in [-0.2, -0.15) is 0 Å². The van der Waals surface area contributed by atoms with Crippen molar-refractivity contribution >= 4 is 22.7 Å². The van der Waals surface area contributed by atoms with Gasteiger partial charge in [-0.3, -0.25) is 9.36 Å². The highest BCUT2D eigenvalue weighted by atomic mass is 16.5. The molecule has 5 rings (SSSR count). The number of aliphatic hydroxyl groups is 1. The van der Waals surface area contributed by atoms with Gasteiger partial charge < -0.3 is 19.5 Å². The van der Waals surface area contributed by atoms with E-state index in [1.165, 1.54) is 0 Å². The Bertz CT molecular complexity index is 1240. The first-order chi connectivity index (χ1) is 15.6. The van der Waals surface area contributed by atoms with Crippen molar-refractivity contribution < 1.29 is 14.6 Å². The lowest BCUT2D eigenvalue weighted by molar-refractivity contribution is -0.0395. The van der Waals surface area contributed by atoms with Crippen molar-refractivity contribution in [2.45, 2.75) is 25.0 Å². The number of methoxy groups -OCH3 is 1. The first-order valence-corrected chi connectivity index (χ1v) is 10.8. The van der Waals surface area contributed by atoms with Crippen LogP contribution in [0.1, 0.15) is 29.2 Å². The van der Waals surface area contributed by atoms with Crippen LogP contribution in [0.2, 0.25) is 0 Å². The lowest BCUT2D eigenvalue weighted by Gasteiger charge is -2.30. The molecule has 0 spiro atoms. The van der Waals surface area contributed by atoms with Gasteiger partial charge in [0, 0.05) is 38.0 Å². The number of aromatic nitrogens is 3. The van der Waals surface area contributed by atoms with Gasteiger partial charge in [-0.15, -0.1) is 0 Å². The Labute approximate surface area is 185 Å². The van der Waals surface area contributed by atoms with E-state index in [1.54, 1.807) is 24.2 Å². The predicted octanol–water partition coefficient (Wildman–Crippen LogP) is 2.18. The molecule has 0 amide bonds. The van der Waals surface area contributed by atoms with Crippen LogP contribution in [0.4, 0.5) is 5.69 Å². The van der Waals surface area contributed by atoms with E-state index in [0.717, 1.165) is 28.9 Å². The molecule has 0 radical (unpaired) electrons. The number of anilines is 1. The number of fused-ring (bicyclic) bond motifs is 3. The predicted molar refractivity (Wildman–Crippen MR) is 122 cm³/mol. The highest BCUT2D eigenvalue weighted by molar-refractivity contribution is 5.97. The van der Waals surface area contributed by atoms with Crippen LogP contribution in [-0.2, 0) is 11.2 Å². The second-order valence-corrected chi connectivity index (χ2v) is 8.32. The topological polar surface area (TPSA) is 89.7 Å². The fourth-order valence-corrected chi connectivity index (χ4v) is 4.60. The largest absolute Gasteiger partial charge is 0.481 e. The Morgan fingerprint density at radius 2 is 2.19 bits per heavy atom. The minimum Gasteiger partial charge on any atom is -0.481 e. The van der Waals surface area contributed by atoms with Gasteiger partial charge in [0.25, 0.3) is 5.56 Å². The molecule has 0 saturated carbocycles. The molecule has 1 aromatic carbocycles. The lowest BCUT2D eigenvalue weighted by atomic mass is 9.94. The van der Waals surface area contributed by atoms with Crippen LogP contribution in [0.25, 0.3) is 17.0 Å². The van der Waals surface area contributed by atoms with Crippen molar-refractivity contribution in [1.82, 2.24) is 14.5 Å². The molecule has 8 heteroatoms. The van der Waals surface area contributed by atoms with E-state index in [9.17, 15) is 9.90 Å². The Balaban J connectivity index is 1.66. The van der Waals surface area contributed by atoms with Gasteiger partial charge in [-0.05, 0) is 30.0 Å². The highest BCUT2D eigenvalue weighted by Crippen LogP contribution is 2.35. The quantitative estimate of drug-likeness (QED) is 0.673. The third kappa shape index (κ3) is 3.55. The van der Waals surface area contributed by atoms with Gasteiger partial charge in [0.1, 0.15) is 5.52 Å². The first kappa shape index (κ1) is 20.7. The van der Waals surface area contributed by atoms with Crippen LogP contribution in [0.15, 0.2) is 41.6 Å². The van der Waals surface area contributed by atoms with E-state index in [-0.39, 0.29) is 18.2 Å². The number of nitrogens with zero attached hydrogens (tertiary/aromatic N) is 4. The molecule has 2 atom stereocenters. The number of rotatable bonds is 4. The molecule has 0 aliphatic carbocycles. The zero-order valence-corrected chi connectivity index (χ0v) is 18.2. The van der Waals surface area contributed by atoms with Crippen molar-refractivity contribution in [2.75, 3.05) is 38.8 Å². The molecule has 0 bridgehead atoms. The molecular weight excluding hydrogens is 408 g/mol. The van der Waals surface area contributed by atoms with E-state index < -0.39 is 6.10 Å². The number of aliphatic hydroxyl groups excluding tert-OH is 1. The molecule has 0 unspecified atom stereocenters. The van der Waals surface area contributed by atoms with Crippen LogP contribution in [0.5, 0.6) is 5.88 Å². The van der Waals surface area contributed by atoms with Crippen LogP contribution >= 0.6 is 0 Å². The molecule has 2 aliphatic heterocycles. The summed E-state index contributed by atoms with van der Waals surface area (Å²) in [7, 11) is 3.60. The van der Waals surface area contributed by atoms with Crippen molar-refractivity contribution in [3.8, 4) is 5.88 Å². The number of hydrogen-bond acceptors (Lipinski definition) is 7. The highest BCUT2D eigenvalue weighted by Gasteiger charge is 2.28. The Morgan fingerprint density at radius 1 is 1.31 bits per heavy atom.